The van der Waals surface area contributed by atoms with Gasteiger partial charge in [-0.2, -0.15) is 4.31 Å². The minimum atomic E-state index is -3.32. The summed E-state index contributed by atoms with van der Waals surface area (Å²) in [6.07, 6.45) is 0. The number of sulfonamides is 1. The SMILES string of the molecule is CNc1ccc(S(=O)(=O)N2CCNCC2)cc1. The van der Waals surface area contributed by atoms with Crippen molar-refractivity contribution >= 4 is 15.7 Å². The Morgan fingerprint density at radius 1 is 1.18 bits per heavy atom. The summed E-state index contributed by atoms with van der Waals surface area (Å²) in [6.45, 7) is 2.51. The fraction of sp³-hybridized carbons (Fsp3) is 0.455. The second kappa shape index (κ2) is 5.03. The Kier molecular flexibility index (Phi) is 3.66. The minimum Gasteiger partial charge on any atom is -0.388 e. The van der Waals surface area contributed by atoms with Crippen molar-refractivity contribution in [3.8, 4) is 0 Å². The van der Waals surface area contributed by atoms with E-state index in [1.54, 1.807) is 31.3 Å². The number of hydrogen-bond donors (Lipinski definition) is 2. The van der Waals surface area contributed by atoms with Crippen molar-refractivity contribution in [3.05, 3.63) is 24.3 Å². The van der Waals surface area contributed by atoms with Crippen LogP contribution in [-0.2, 0) is 10.0 Å². The molecule has 6 heteroatoms. The summed E-state index contributed by atoms with van der Waals surface area (Å²) in [5, 5.41) is 6.11. The average Bonchev–Trinajstić information content (AvgIpc) is 2.40. The number of piperazine rings is 1. The van der Waals surface area contributed by atoms with Crippen LogP contribution in [0.15, 0.2) is 29.2 Å². The van der Waals surface area contributed by atoms with Crippen molar-refractivity contribution in [2.75, 3.05) is 38.5 Å². The summed E-state index contributed by atoms with van der Waals surface area (Å²) in [6, 6.07) is 6.83. The van der Waals surface area contributed by atoms with Crippen LogP contribution in [0.2, 0.25) is 0 Å². The molecule has 2 rings (SSSR count). The van der Waals surface area contributed by atoms with E-state index in [0.29, 0.717) is 31.1 Å². The highest BCUT2D eigenvalue weighted by Gasteiger charge is 2.25. The maximum absolute atomic E-state index is 12.3. The molecule has 0 aliphatic carbocycles. The summed E-state index contributed by atoms with van der Waals surface area (Å²) in [5.41, 5.74) is 0.907. The van der Waals surface area contributed by atoms with Crippen LogP contribution in [0.3, 0.4) is 0 Å². The summed E-state index contributed by atoms with van der Waals surface area (Å²) in [7, 11) is -1.52. The summed E-state index contributed by atoms with van der Waals surface area (Å²) in [5.74, 6) is 0. The molecule has 1 aliphatic rings. The number of hydrogen-bond acceptors (Lipinski definition) is 4. The topological polar surface area (TPSA) is 61.4 Å². The molecule has 0 atom stereocenters. The fourth-order valence-electron chi connectivity index (χ4n) is 1.83. The van der Waals surface area contributed by atoms with Crippen LogP contribution >= 0.6 is 0 Å². The van der Waals surface area contributed by atoms with Gasteiger partial charge in [-0.3, -0.25) is 0 Å². The van der Waals surface area contributed by atoms with E-state index in [1.807, 2.05) is 0 Å². The molecule has 1 heterocycles. The second-order valence-electron chi connectivity index (χ2n) is 3.93. The highest BCUT2D eigenvalue weighted by Crippen LogP contribution is 2.18. The molecule has 1 aliphatic heterocycles. The fourth-order valence-corrected chi connectivity index (χ4v) is 3.27. The van der Waals surface area contributed by atoms with E-state index in [0.717, 1.165) is 5.69 Å². The highest BCUT2D eigenvalue weighted by atomic mass is 32.2. The molecule has 94 valence electrons. The number of rotatable bonds is 3. The first-order valence-electron chi connectivity index (χ1n) is 5.63. The van der Waals surface area contributed by atoms with Crippen LogP contribution < -0.4 is 10.6 Å². The van der Waals surface area contributed by atoms with E-state index in [9.17, 15) is 8.42 Å². The van der Waals surface area contributed by atoms with E-state index in [1.165, 1.54) is 4.31 Å². The Bertz CT molecular complexity index is 464. The average molecular weight is 255 g/mol. The third-order valence-electron chi connectivity index (χ3n) is 2.86. The Morgan fingerprint density at radius 3 is 2.29 bits per heavy atom. The van der Waals surface area contributed by atoms with Gasteiger partial charge in [0.25, 0.3) is 0 Å². The van der Waals surface area contributed by atoms with Crippen molar-refractivity contribution in [1.82, 2.24) is 9.62 Å². The lowest BCUT2D eigenvalue weighted by Crippen LogP contribution is -2.46. The lowest BCUT2D eigenvalue weighted by atomic mass is 10.3. The monoisotopic (exact) mass is 255 g/mol. The van der Waals surface area contributed by atoms with Gasteiger partial charge in [-0.15, -0.1) is 0 Å². The standard InChI is InChI=1S/C11H17N3O2S/c1-12-10-2-4-11(5-3-10)17(15,16)14-8-6-13-7-9-14/h2-5,12-13H,6-9H2,1H3. The zero-order valence-corrected chi connectivity index (χ0v) is 10.6. The number of nitrogens with one attached hydrogen (secondary N) is 2. The lowest BCUT2D eigenvalue weighted by Gasteiger charge is -2.26. The normalized spacial score (nSPS) is 17.9. The molecule has 1 fully saturated rings. The van der Waals surface area contributed by atoms with Crippen molar-refractivity contribution < 1.29 is 8.42 Å². The first-order chi connectivity index (χ1) is 8.14. The molecular formula is C11H17N3O2S. The van der Waals surface area contributed by atoms with Gasteiger partial charge in [-0.25, -0.2) is 8.42 Å². The van der Waals surface area contributed by atoms with Crippen molar-refractivity contribution in [1.29, 1.82) is 0 Å². The molecule has 1 saturated heterocycles. The molecule has 0 saturated carbocycles. The molecule has 5 nitrogen and oxygen atoms in total. The molecule has 0 radical (unpaired) electrons. The van der Waals surface area contributed by atoms with Gasteiger partial charge in [0.05, 0.1) is 4.90 Å². The molecule has 1 aromatic rings. The number of anilines is 1. The molecule has 17 heavy (non-hydrogen) atoms. The Labute approximate surface area is 102 Å². The van der Waals surface area contributed by atoms with Crippen LogP contribution in [0.25, 0.3) is 0 Å². The van der Waals surface area contributed by atoms with Gasteiger partial charge in [-0.1, -0.05) is 0 Å². The zero-order chi connectivity index (χ0) is 12.3. The first-order valence-corrected chi connectivity index (χ1v) is 7.07. The van der Waals surface area contributed by atoms with Crippen LogP contribution in [0.5, 0.6) is 0 Å². The summed E-state index contributed by atoms with van der Waals surface area (Å²) >= 11 is 0. The highest BCUT2D eigenvalue weighted by molar-refractivity contribution is 7.89. The van der Waals surface area contributed by atoms with Crippen molar-refractivity contribution in [2.24, 2.45) is 0 Å². The molecule has 1 aromatic carbocycles. The van der Waals surface area contributed by atoms with Gasteiger partial charge < -0.3 is 10.6 Å². The molecule has 0 bridgehead atoms. The Morgan fingerprint density at radius 2 is 1.76 bits per heavy atom. The van der Waals surface area contributed by atoms with Crippen LogP contribution in [0, 0.1) is 0 Å². The predicted octanol–water partition coefficient (Wildman–Crippen LogP) is 0.322. The maximum atomic E-state index is 12.3. The quantitative estimate of drug-likeness (QED) is 0.817. The Hall–Kier alpha value is -1.11. The Balaban J connectivity index is 2.23. The number of benzene rings is 1. The van der Waals surface area contributed by atoms with Crippen molar-refractivity contribution in [3.63, 3.8) is 0 Å². The van der Waals surface area contributed by atoms with E-state index >= 15 is 0 Å². The molecule has 0 aromatic heterocycles. The van der Waals surface area contributed by atoms with Gasteiger partial charge in [0.15, 0.2) is 0 Å². The maximum Gasteiger partial charge on any atom is 0.243 e. The first kappa shape index (κ1) is 12.3. The van der Waals surface area contributed by atoms with E-state index < -0.39 is 10.0 Å². The van der Waals surface area contributed by atoms with Crippen LogP contribution in [0.1, 0.15) is 0 Å². The molecule has 0 amide bonds. The molecular weight excluding hydrogens is 238 g/mol. The molecule has 0 spiro atoms. The predicted molar refractivity (Wildman–Crippen MR) is 67.6 cm³/mol. The minimum absolute atomic E-state index is 0.360. The largest absolute Gasteiger partial charge is 0.388 e. The van der Waals surface area contributed by atoms with E-state index in [2.05, 4.69) is 10.6 Å². The van der Waals surface area contributed by atoms with E-state index in [4.69, 9.17) is 0 Å². The summed E-state index contributed by atoms with van der Waals surface area (Å²) in [4.78, 5) is 0.360. The summed E-state index contributed by atoms with van der Waals surface area (Å²) < 4.78 is 26.1. The van der Waals surface area contributed by atoms with Gasteiger partial charge in [0, 0.05) is 38.9 Å². The molecule has 0 unspecified atom stereocenters. The van der Waals surface area contributed by atoms with Crippen molar-refractivity contribution in [2.45, 2.75) is 4.90 Å². The van der Waals surface area contributed by atoms with Gasteiger partial charge in [-0.05, 0) is 24.3 Å². The van der Waals surface area contributed by atoms with Crippen LogP contribution in [0.4, 0.5) is 5.69 Å². The third-order valence-corrected chi connectivity index (χ3v) is 4.77. The van der Waals surface area contributed by atoms with Gasteiger partial charge in [0.1, 0.15) is 0 Å². The zero-order valence-electron chi connectivity index (χ0n) is 9.81. The second-order valence-corrected chi connectivity index (χ2v) is 5.87. The third kappa shape index (κ3) is 2.59. The van der Waals surface area contributed by atoms with Gasteiger partial charge in [0.2, 0.25) is 10.0 Å². The van der Waals surface area contributed by atoms with Crippen LogP contribution in [-0.4, -0.2) is 45.9 Å². The number of nitrogens with zero attached hydrogens (tertiary/aromatic N) is 1. The molecule has 2 N–H and O–H groups in total. The van der Waals surface area contributed by atoms with E-state index in [-0.39, 0.29) is 0 Å². The lowest BCUT2D eigenvalue weighted by molar-refractivity contribution is 0.360. The van der Waals surface area contributed by atoms with Gasteiger partial charge >= 0.3 is 0 Å². The smallest absolute Gasteiger partial charge is 0.243 e.